The van der Waals surface area contributed by atoms with Crippen molar-refractivity contribution < 1.29 is 9.47 Å². The van der Waals surface area contributed by atoms with Crippen LogP contribution in [0.25, 0.3) is 0 Å². The molecule has 0 amide bonds. The molecule has 0 radical (unpaired) electrons. The molecule has 0 aliphatic carbocycles. The summed E-state index contributed by atoms with van der Waals surface area (Å²) in [7, 11) is 0. The molecule has 25 heavy (non-hydrogen) atoms. The fourth-order valence-electron chi connectivity index (χ4n) is 2.02. The highest BCUT2D eigenvalue weighted by molar-refractivity contribution is 6.28. The van der Waals surface area contributed by atoms with Crippen molar-refractivity contribution in [1.29, 1.82) is 10.5 Å². The average molecular weight is 349 g/mol. The third-order valence-electron chi connectivity index (χ3n) is 3.03. The van der Waals surface area contributed by atoms with Crippen LogP contribution in [0.4, 0.5) is 0 Å². The summed E-state index contributed by atoms with van der Waals surface area (Å²) in [6.07, 6.45) is 1.49. The van der Waals surface area contributed by atoms with Crippen molar-refractivity contribution in [3.63, 3.8) is 0 Å². The van der Waals surface area contributed by atoms with E-state index < -0.39 is 0 Å². The number of hydrogen-bond donors (Lipinski definition) is 0. The zero-order chi connectivity index (χ0) is 17.6. The molecule has 0 saturated carbocycles. The van der Waals surface area contributed by atoms with Crippen LogP contribution in [0.3, 0.4) is 0 Å². The molecule has 0 aliphatic rings. The molecule has 120 valence electrons. The van der Waals surface area contributed by atoms with Gasteiger partial charge in [-0.25, -0.2) is 4.98 Å². The van der Waals surface area contributed by atoms with Crippen LogP contribution in [0.1, 0.15) is 11.1 Å². The van der Waals surface area contributed by atoms with Gasteiger partial charge in [0, 0.05) is 18.3 Å². The average Bonchev–Trinajstić information content (AvgIpc) is 2.61. The number of ether oxygens (including phenoxy) is 2. The maximum absolute atomic E-state index is 9.02. The Kier molecular flexibility index (Phi) is 4.75. The predicted octanol–water partition coefficient (Wildman–Crippen LogP) is 4.46. The van der Waals surface area contributed by atoms with Crippen LogP contribution in [0.15, 0.2) is 54.7 Å². The van der Waals surface area contributed by atoms with Crippen molar-refractivity contribution in [2.45, 2.75) is 0 Å². The molecular formula is C18H9ClN4O2. The van der Waals surface area contributed by atoms with Gasteiger partial charge in [-0.1, -0.05) is 6.07 Å². The van der Waals surface area contributed by atoms with E-state index >= 15 is 0 Å². The molecule has 0 spiro atoms. The Morgan fingerprint density at radius 2 is 1.52 bits per heavy atom. The Bertz CT molecular complexity index is 976. The maximum Gasteiger partial charge on any atom is 0.225 e. The summed E-state index contributed by atoms with van der Waals surface area (Å²) < 4.78 is 11.3. The highest BCUT2D eigenvalue weighted by Crippen LogP contribution is 2.28. The Morgan fingerprint density at radius 1 is 0.840 bits per heavy atom. The lowest BCUT2D eigenvalue weighted by molar-refractivity contribution is 0.448. The minimum atomic E-state index is 0.0854. The summed E-state index contributed by atoms with van der Waals surface area (Å²) in [5.74, 6) is 1.66. The molecule has 0 atom stereocenters. The van der Waals surface area contributed by atoms with Crippen LogP contribution in [-0.4, -0.2) is 9.97 Å². The van der Waals surface area contributed by atoms with Crippen molar-refractivity contribution in [2.24, 2.45) is 0 Å². The molecular weight excluding hydrogens is 340 g/mol. The van der Waals surface area contributed by atoms with E-state index in [0.717, 1.165) is 0 Å². The number of nitrogens with zero attached hydrogens (tertiary/aromatic N) is 4. The fraction of sp³-hybridized carbons (Fsp3) is 0. The first-order valence-electron chi connectivity index (χ1n) is 7.06. The Balaban J connectivity index is 1.83. The summed E-state index contributed by atoms with van der Waals surface area (Å²) >= 11 is 5.73. The zero-order valence-corrected chi connectivity index (χ0v) is 13.4. The first-order valence-corrected chi connectivity index (χ1v) is 7.44. The number of hydrogen-bond acceptors (Lipinski definition) is 6. The topological polar surface area (TPSA) is 91.8 Å². The van der Waals surface area contributed by atoms with Gasteiger partial charge in [-0.3, -0.25) is 0 Å². The van der Waals surface area contributed by atoms with Crippen molar-refractivity contribution in [2.75, 3.05) is 0 Å². The van der Waals surface area contributed by atoms with Crippen LogP contribution in [0, 0.1) is 22.7 Å². The van der Waals surface area contributed by atoms with Gasteiger partial charge < -0.3 is 9.47 Å². The number of halogens is 1. The maximum atomic E-state index is 9.02. The Morgan fingerprint density at radius 3 is 2.16 bits per heavy atom. The van der Waals surface area contributed by atoms with Crippen LogP contribution in [-0.2, 0) is 0 Å². The van der Waals surface area contributed by atoms with Gasteiger partial charge in [0.25, 0.3) is 0 Å². The zero-order valence-electron chi connectivity index (χ0n) is 12.7. The third kappa shape index (κ3) is 4.23. The normalized spacial score (nSPS) is 9.72. The SMILES string of the molecule is N#Cc1cc(C#N)cc(Oc2cccc(Oc3ccnc(Cl)n3)c2)c1. The monoisotopic (exact) mass is 348 g/mol. The molecule has 0 N–H and O–H groups in total. The Hall–Kier alpha value is -3.61. The highest BCUT2D eigenvalue weighted by atomic mass is 35.5. The van der Waals surface area contributed by atoms with E-state index in [0.29, 0.717) is 34.3 Å². The van der Waals surface area contributed by atoms with Gasteiger partial charge in [-0.05, 0) is 41.9 Å². The number of benzene rings is 2. The molecule has 7 heteroatoms. The van der Waals surface area contributed by atoms with Crippen molar-refractivity contribution in [3.8, 4) is 35.3 Å². The van der Waals surface area contributed by atoms with E-state index in [1.807, 2.05) is 12.1 Å². The summed E-state index contributed by atoms with van der Waals surface area (Å²) in [6, 6.07) is 17.0. The van der Waals surface area contributed by atoms with Crippen molar-refractivity contribution in [1.82, 2.24) is 9.97 Å². The Labute approximate surface area is 148 Å². The van der Waals surface area contributed by atoms with Gasteiger partial charge in [0.05, 0.1) is 23.3 Å². The fourth-order valence-corrected chi connectivity index (χ4v) is 2.16. The van der Waals surface area contributed by atoms with Gasteiger partial charge in [0.15, 0.2) is 0 Å². The second-order valence-corrected chi connectivity index (χ2v) is 5.15. The number of aromatic nitrogens is 2. The summed E-state index contributed by atoms with van der Waals surface area (Å²) in [5, 5.41) is 18.1. The molecule has 2 aromatic carbocycles. The number of rotatable bonds is 4. The van der Waals surface area contributed by atoms with E-state index in [9.17, 15) is 0 Å². The molecule has 0 aliphatic heterocycles. The smallest absolute Gasteiger partial charge is 0.225 e. The van der Waals surface area contributed by atoms with Gasteiger partial charge in [0.1, 0.15) is 17.2 Å². The largest absolute Gasteiger partial charge is 0.457 e. The lowest BCUT2D eigenvalue weighted by Crippen LogP contribution is -1.91. The minimum absolute atomic E-state index is 0.0854. The summed E-state index contributed by atoms with van der Waals surface area (Å²) in [6.45, 7) is 0. The van der Waals surface area contributed by atoms with Gasteiger partial charge in [-0.2, -0.15) is 15.5 Å². The summed E-state index contributed by atoms with van der Waals surface area (Å²) in [5.41, 5.74) is 0.689. The van der Waals surface area contributed by atoms with E-state index in [-0.39, 0.29) is 5.28 Å². The number of nitriles is 2. The van der Waals surface area contributed by atoms with Crippen LogP contribution in [0.2, 0.25) is 5.28 Å². The van der Waals surface area contributed by atoms with E-state index in [1.54, 1.807) is 42.5 Å². The lowest BCUT2D eigenvalue weighted by atomic mass is 10.1. The molecule has 0 bridgehead atoms. The molecule has 1 aromatic heterocycles. The molecule has 1 heterocycles. The van der Waals surface area contributed by atoms with Gasteiger partial charge in [-0.15, -0.1) is 0 Å². The second-order valence-electron chi connectivity index (χ2n) is 4.81. The van der Waals surface area contributed by atoms with Crippen molar-refractivity contribution >= 4 is 11.6 Å². The van der Waals surface area contributed by atoms with E-state index in [1.165, 1.54) is 12.3 Å². The minimum Gasteiger partial charge on any atom is -0.457 e. The van der Waals surface area contributed by atoms with Crippen LogP contribution < -0.4 is 9.47 Å². The van der Waals surface area contributed by atoms with Crippen molar-refractivity contribution in [3.05, 3.63) is 71.1 Å². The molecule has 3 rings (SSSR count). The summed E-state index contributed by atoms with van der Waals surface area (Å²) in [4.78, 5) is 7.73. The van der Waals surface area contributed by atoms with Gasteiger partial charge >= 0.3 is 0 Å². The van der Waals surface area contributed by atoms with Crippen LogP contribution >= 0.6 is 11.6 Å². The molecule has 0 unspecified atom stereocenters. The molecule has 0 saturated heterocycles. The molecule has 0 fully saturated rings. The van der Waals surface area contributed by atoms with Crippen LogP contribution in [0.5, 0.6) is 23.1 Å². The molecule has 3 aromatic rings. The first kappa shape index (κ1) is 16.3. The lowest BCUT2D eigenvalue weighted by Gasteiger charge is -2.09. The predicted molar refractivity (Wildman–Crippen MR) is 89.5 cm³/mol. The first-order chi connectivity index (χ1) is 12.2. The van der Waals surface area contributed by atoms with E-state index in [2.05, 4.69) is 9.97 Å². The second kappa shape index (κ2) is 7.31. The standard InChI is InChI=1S/C18H9ClN4O2/c19-18-22-5-4-17(23-18)25-15-3-1-2-14(9-15)24-16-7-12(10-20)6-13(8-16)11-21/h1-9H. The molecule has 6 nitrogen and oxygen atoms in total. The third-order valence-corrected chi connectivity index (χ3v) is 3.21. The highest BCUT2D eigenvalue weighted by Gasteiger charge is 2.06. The van der Waals surface area contributed by atoms with E-state index in [4.69, 9.17) is 31.6 Å². The quantitative estimate of drug-likeness (QED) is 0.646. The van der Waals surface area contributed by atoms with Gasteiger partial charge in [0.2, 0.25) is 11.2 Å².